The zero-order valence-electron chi connectivity index (χ0n) is 15.7. The van der Waals surface area contributed by atoms with Crippen LogP contribution >= 0.6 is 24.0 Å². The van der Waals surface area contributed by atoms with Crippen molar-refractivity contribution in [3.8, 4) is 0 Å². The fourth-order valence-corrected chi connectivity index (χ4v) is 4.56. The number of nitrogens with one attached hydrogen (secondary N) is 1. The topological polar surface area (TPSA) is 75.9 Å². The molecule has 0 spiro atoms. The second kappa shape index (κ2) is 8.48. The summed E-state index contributed by atoms with van der Waals surface area (Å²) in [5, 5.41) is 3.25. The highest BCUT2D eigenvalue weighted by atomic mass is 32.2. The molecule has 2 saturated heterocycles. The van der Waals surface area contributed by atoms with Gasteiger partial charge in [-0.2, -0.15) is 0 Å². The lowest BCUT2D eigenvalue weighted by Gasteiger charge is -2.14. The Morgan fingerprint density at radius 1 is 1.41 bits per heavy atom. The maximum Gasteiger partial charge on any atom is 0.267 e. The number of carbonyl (C=O) groups is 1. The molecule has 2 aliphatic rings. The smallest absolute Gasteiger partial charge is 0.267 e. The monoisotopic (exact) mass is 428 g/mol. The Morgan fingerprint density at radius 2 is 2.28 bits per heavy atom. The fraction of sp³-hybridized carbons (Fsp3) is 0.300. The van der Waals surface area contributed by atoms with Crippen molar-refractivity contribution in [2.45, 2.75) is 18.9 Å². The van der Waals surface area contributed by atoms with Crippen LogP contribution in [0.5, 0.6) is 0 Å². The Kier molecular flexibility index (Phi) is 5.79. The first kappa shape index (κ1) is 19.8. The summed E-state index contributed by atoms with van der Waals surface area (Å²) in [6.45, 7) is 5.29. The summed E-state index contributed by atoms with van der Waals surface area (Å²) in [4.78, 5) is 32.3. The number of nitrogens with zero attached hydrogens (tertiary/aromatic N) is 3. The minimum absolute atomic E-state index is 0.0877. The number of hydrogen-bond donors (Lipinski definition) is 1. The van der Waals surface area contributed by atoms with Crippen LogP contribution in [0, 0.1) is 0 Å². The van der Waals surface area contributed by atoms with Gasteiger partial charge in [-0.1, -0.05) is 36.1 Å². The van der Waals surface area contributed by atoms with Crippen LogP contribution in [0.1, 0.15) is 18.4 Å². The Labute approximate surface area is 177 Å². The van der Waals surface area contributed by atoms with Gasteiger partial charge in [0.25, 0.3) is 11.5 Å². The van der Waals surface area contributed by atoms with Gasteiger partial charge in [-0.05, 0) is 31.1 Å². The van der Waals surface area contributed by atoms with E-state index in [0.717, 1.165) is 19.4 Å². The third kappa shape index (κ3) is 3.98. The molecular weight excluding hydrogens is 408 g/mol. The lowest BCUT2D eigenvalue weighted by atomic mass is 10.2. The highest BCUT2D eigenvalue weighted by Gasteiger charge is 2.31. The highest BCUT2D eigenvalue weighted by molar-refractivity contribution is 8.26. The molecule has 2 fully saturated rings. The number of carbonyl (C=O) groups excluding carboxylic acids is 1. The molecule has 7 nitrogen and oxygen atoms in total. The van der Waals surface area contributed by atoms with E-state index in [9.17, 15) is 9.59 Å². The summed E-state index contributed by atoms with van der Waals surface area (Å²) in [6.07, 6.45) is 6.94. The van der Waals surface area contributed by atoms with Crippen LogP contribution in [0.15, 0.2) is 46.8 Å². The molecule has 1 N–H and O–H groups in total. The van der Waals surface area contributed by atoms with E-state index >= 15 is 0 Å². The Bertz CT molecular complexity index is 1070. The van der Waals surface area contributed by atoms with Crippen molar-refractivity contribution < 1.29 is 9.53 Å². The molecule has 4 rings (SSSR count). The molecule has 1 unspecified atom stereocenters. The van der Waals surface area contributed by atoms with Crippen molar-refractivity contribution in [2.24, 2.45) is 0 Å². The van der Waals surface area contributed by atoms with Crippen LogP contribution < -0.4 is 10.9 Å². The fourth-order valence-electron chi connectivity index (χ4n) is 3.30. The van der Waals surface area contributed by atoms with E-state index in [-0.39, 0.29) is 17.6 Å². The lowest BCUT2D eigenvalue weighted by Crippen LogP contribution is -2.28. The zero-order chi connectivity index (χ0) is 20.4. The Hall–Kier alpha value is -2.49. The summed E-state index contributed by atoms with van der Waals surface area (Å²) in [5.74, 6) is 0.202. The third-order valence-electron chi connectivity index (χ3n) is 4.75. The van der Waals surface area contributed by atoms with Gasteiger partial charge in [0, 0.05) is 25.9 Å². The number of anilines is 1. The summed E-state index contributed by atoms with van der Waals surface area (Å²) in [6, 6.07) is 5.36. The number of amides is 1. The van der Waals surface area contributed by atoms with Crippen LogP contribution in [-0.4, -0.2) is 50.3 Å². The Balaban J connectivity index is 1.75. The number of thioether (sulfide) groups is 1. The average molecular weight is 429 g/mol. The molecule has 1 amide bonds. The molecule has 2 aliphatic heterocycles. The van der Waals surface area contributed by atoms with E-state index in [2.05, 4.69) is 16.9 Å². The number of hydrogen-bond acceptors (Lipinski definition) is 7. The van der Waals surface area contributed by atoms with Crippen molar-refractivity contribution in [3.05, 3.63) is 57.9 Å². The van der Waals surface area contributed by atoms with Crippen molar-refractivity contribution in [1.29, 1.82) is 0 Å². The van der Waals surface area contributed by atoms with Crippen LogP contribution in [0.25, 0.3) is 11.7 Å². The van der Waals surface area contributed by atoms with Gasteiger partial charge in [0.2, 0.25) is 0 Å². The third-order valence-corrected chi connectivity index (χ3v) is 6.13. The van der Waals surface area contributed by atoms with Crippen molar-refractivity contribution in [3.63, 3.8) is 0 Å². The van der Waals surface area contributed by atoms with E-state index < -0.39 is 0 Å². The van der Waals surface area contributed by atoms with Gasteiger partial charge in [0.05, 0.1) is 16.6 Å². The van der Waals surface area contributed by atoms with E-state index in [1.807, 2.05) is 6.07 Å². The highest BCUT2D eigenvalue weighted by Crippen LogP contribution is 2.33. The van der Waals surface area contributed by atoms with Gasteiger partial charge in [0.15, 0.2) is 0 Å². The molecule has 29 heavy (non-hydrogen) atoms. The average Bonchev–Trinajstić information content (AvgIpc) is 3.33. The molecular formula is C20H20N4O3S2. The maximum atomic E-state index is 13.2. The summed E-state index contributed by atoms with van der Waals surface area (Å²) in [5.41, 5.74) is 0.605. The second-order valence-corrected chi connectivity index (χ2v) is 8.38. The molecule has 9 heteroatoms. The normalized spacial score (nSPS) is 20.8. The van der Waals surface area contributed by atoms with Gasteiger partial charge in [0.1, 0.15) is 15.8 Å². The number of rotatable bonds is 6. The molecule has 150 valence electrons. The number of pyridine rings is 1. The minimum atomic E-state index is -0.251. The first-order valence-electron chi connectivity index (χ1n) is 9.31. The Morgan fingerprint density at radius 3 is 3.03 bits per heavy atom. The zero-order valence-corrected chi connectivity index (χ0v) is 17.3. The number of thiocarbonyl (C=S) groups is 1. The van der Waals surface area contributed by atoms with Crippen LogP contribution in [0.3, 0.4) is 0 Å². The molecule has 0 saturated carbocycles. The predicted octanol–water partition coefficient (Wildman–Crippen LogP) is 2.67. The molecule has 4 heterocycles. The largest absolute Gasteiger partial charge is 0.376 e. The van der Waals surface area contributed by atoms with Gasteiger partial charge in [-0.3, -0.25) is 18.9 Å². The van der Waals surface area contributed by atoms with Crippen molar-refractivity contribution in [1.82, 2.24) is 14.3 Å². The van der Waals surface area contributed by atoms with Crippen LogP contribution in [-0.2, 0) is 9.53 Å². The minimum Gasteiger partial charge on any atom is -0.376 e. The van der Waals surface area contributed by atoms with E-state index in [1.54, 1.807) is 30.5 Å². The first-order valence-corrected chi connectivity index (χ1v) is 10.5. The molecule has 1 atom stereocenters. The van der Waals surface area contributed by atoms with Gasteiger partial charge in [-0.25, -0.2) is 4.98 Å². The number of aromatic nitrogens is 2. The van der Waals surface area contributed by atoms with Gasteiger partial charge in [-0.15, -0.1) is 6.58 Å². The van der Waals surface area contributed by atoms with Gasteiger partial charge < -0.3 is 10.1 Å². The quantitative estimate of drug-likeness (QED) is 0.431. The van der Waals surface area contributed by atoms with Crippen molar-refractivity contribution in [2.75, 3.05) is 25.0 Å². The van der Waals surface area contributed by atoms with Crippen molar-refractivity contribution >= 4 is 51.7 Å². The van der Waals surface area contributed by atoms with E-state index in [0.29, 0.717) is 39.3 Å². The molecule has 2 aromatic rings. The number of fused-ring (bicyclic) bond motifs is 1. The standard InChI is InChI=1S/C20H20N4O3S2/c1-2-8-24-19(26)15(29-20(24)28)11-14-17(21-12-13-6-5-10-27-13)22-16-7-3-4-9-23(16)18(14)25/h2-4,7,9,11,13,21H,1,5-6,8,10,12H2/b15-11-. The summed E-state index contributed by atoms with van der Waals surface area (Å²) < 4.78 is 7.57. The van der Waals surface area contributed by atoms with E-state index in [1.165, 1.54) is 21.1 Å². The molecule has 0 aliphatic carbocycles. The van der Waals surface area contributed by atoms with E-state index in [4.69, 9.17) is 17.0 Å². The molecule has 0 bridgehead atoms. The SMILES string of the molecule is C=CCN1C(=O)/C(=C/c2c(NCC3CCCO3)nc3ccccn3c2=O)SC1=S. The first-order chi connectivity index (χ1) is 14.1. The molecule has 0 radical (unpaired) electrons. The predicted molar refractivity (Wildman–Crippen MR) is 119 cm³/mol. The lowest BCUT2D eigenvalue weighted by molar-refractivity contribution is -0.121. The summed E-state index contributed by atoms with van der Waals surface area (Å²) in [7, 11) is 0. The molecule has 2 aromatic heterocycles. The van der Waals surface area contributed by atoms with Crippen LogP contribution in [0.4, 0.5) is 5.82 Å². The summed E-state index contributed by atoms with van der Waals surface area (Å²) >= 11 is 6.47. The van der Waals surface area contributed by atoms with Crippen LogP contribution in [0.2, 0.25) is 0 Å². The van der Waals surface area contributed by atoms with Gasteiger partial charge >= 0.3 is 0 Å². The molecule has 0 aromatic carbocycles. The maximum absolute atomic E-state index is 13.2. The second-order valence-electron chi connectivity index (χ2n) is 6.70. The number of ether oxygens (including phenoxy) is 1.